The highest BCUT2D eigenvalue weighted by atomic mass is 19.4. The molecule has 0 spiro atoms. The molecule has 0 radical (unpaired) electrons. The Morgan fingerprint density at radius 2 is 1.94 bits per heavy atom. The molecule has 1 aliphatic rings. The maximum absolute atomic E-state index is 14.4. The molecule has 0 fully saturated rings. The Balaban J connectivity index is 2.44. The van der Waals surface area contributed by atoms with E-state index in [-0.39, 0.29) is 12.1 Å². The summed E-state index contributed by atoms with van der Waals surface area (Å²) in [5.74, 6) is -0.647. The number of nitrogens with one attached hydrogen (secondary N) is 1. The Morgan fingerprint density at radius 3 is 2.53 bits per heavy atom. The number of fused-ring (bicyclic) bond motifs is 1. The van der Waals surface area contributed by atoms with Crippen LogP contribution < -0.4 is 5.32 Å². The summed E-state index contributed by atoms with van der Waals surface area (Å²) in [6.45, 7) is 15.6. The third kappa shape index (κ3) is 5.01. The summed E-state index contributed by atoms with van der Waals surface area (Å²) in [6, 6.07) is 3.66. The van der Waals surface area contributed by atoms with E-state index in [2.05, 4.69) is 25.1 Å². The maximum atomic E-state index is 14.4. The molecule has 0 bridgehead atoms. The zero-order chi connectivity index (χ0) is 25.0. The minimum atomic E-state index is -4.52. The third-order valence-electron chi connectivity index (χ3n) is 5.66. The molecule has 1 aliphatic heterocycles. The molecule has 6 heteroatoms. The average Bonchev–Trinajstić information content (AvgIpc) is 3.09. The summed E-state index contributed by atoms with van der Waals surface area (Å²) >= 11 is 0. The van der Waals surface area contributed by atoms with Crippen molar-refractivity contribution >= 4 is 22.0 Å². The van der Waals surface area contributed by atoms with Gasteiger partial charge in [0, 0.05) is 34.0 Å². The maximum Gasteiger partial charge on any atom is 0.416 e. The van der Waals surface area contributed by atoms with Crippen molar-refractivity contribution in [2.24, 2.45) is 0 Å². The van der Waals surface area contributed by atoms with Gasteiger partial charge in [0.05, 0.1) is 23.3 Å². The largest absolute Gasteiger partial charge is 0.416 e. The predicted molar refractivity (Wildman–Crippen MR) is 133 cm³/mol. The summed E-state index contributed by atoms with van der Waals surface area (Å²) in [4.78, 5) is 0. The van der Waals surface area contributed by atoms with E-state index >= 15 is 0 Å². The van der Waals surface area contributed by atoms with Crippen molar-refractivity contribution in [1.29, 1.82) is 0 Å². The quantitative estimate of drug-likeness (QED) is 0.304. The lowest BCUT2D eigenvalue weighted by Gasteiger charge is -2.19. The molecule has 1 aromatic carbocycles. The second kappa shape index (κ2) is 10.2. The molecular weight excluding hydrogens is 440 g/mol. The monoisotopic (exact) mass is 468 g/mol. The molecule has 0 aliphatic carbocycles. The second-order valence-corrected chi connectivity index (χ2v) is 8.08. The van der Waals surface area contributed by atoms with Crippen LogP contribution in [0.2, 0.25) is 0 Å². The van der Waals surface area contributed by atoms with Gasteiger partial charge in [-0.05, 0) is 37.1 Å². The first kappa shape index (κ1) is 25.1. The van der Waals surface area contributed by atoms with Crippen LogP contribution in [-0.2, 0) is 12.7 Å². The summed E-state index contributed by atoms with van der Waals surface area (Å²) < 4.78 is 57.0. The van der Waals surface area contributed by atoms with Crippen molar-refractivity contribution in [1.82, 2.24) is 9.88 Å². The molecule has 1 N–H and O–H groups in total. The van der Waals surface area contributed by atoms with E-state index in [1.807, 2.05) is 19.1 Å². The van der Waals surface area contributed by atoms with Gasteiger partial charge in [-0.3, -0.25) is 0 Å². The number of benzene rings is 1. The van der Waals surface area contributed by atoms with Gasteiger partial charge in [0.2, 0.25) is 0 Å². The van der Waals surface area contributed by atoms with E-state index in [9.17, 15) is 17.6 Å². The van der Waals surface area contributed by atoms with E-state index < -0.39 is 17.6 Å². The van der Waals surface area contributed by atoms with E-state index in [0.717, 1.165) is 35.3 Å². The number of halogens is 4. The van der Waals surface area contributed by atoms with Crippen LogP contribution in [0, 0.1) is 0 Å². The van der Waals surface area contributed by atoms with Gasteiger partial charge >= 0.3 is 6.18 Å². The standard InChI is InChI=1S/C28H28F4N2/c1-6-8-11-21(19(4)29)17-34-25-16-22(28(30,31)32)13-14-24(25)26(27(34)18(3)10-7-2)23-12-9-15-33-20(23)5/h6,8-9,11-16,33H,3-5,7,10,17H2,1-2H3/b8-6-,21-11-. The Kier molecular flexibility index (Phi) is 7.50. The Labute approximate surface area is 197 Å². The molecule has 2 aromatic rings. The molecule has 1 aromatic heterocycles. The summed E-state index contributed by atoms with van der Waals surface area (Å²) in [5, 5.41) is 3.68. The van der Waals surface area contributed by atoms with Crippen LogP contribution in [0.15, 0.2) is 91.6 Å². The number of nitrogens with zero attached hydrogens (tertiary/aromatic N) is 1. The summed E-state index contributed by atoms with van der Waals surface area (Å²) in [7, 11) is 0. The fourth-order valence-corrected chi connectivity index (χ4v) is 4.07. The first-order valence-corrected chi connectivity index (χ1v) is 11.0. The van der Waals surface area contributed by atoms with Gasteiger partial charge in [-0.25, -0.2) is 4.39 Å². The van der Waals surface area contributed by atoms with Crippen LogP contribution in [0.3, 0.4) is 0 Å². The minimum absolute atomic E-state index is 0.00141. The van der Waals surface area contributed by atoms with Crippen LogP contribution in [0.4, 0.5) is 17.6 Å². The number of dihydropyridines is 1. The number of allylic oxidation sites excluding steroid dienone is 9. The predicted octanol–water partition coefficient (Wildman–Crippen LogP) is 8.47. The van der Waals surface area contributed by atoms with Crippen molar-refractivity contribution < 1.29 is 17.6 Å². The Hall–Kier alpha value is -3.54. The highest BCUT2D eigenvalue weighted by Gasteiger charge is 2.32. The van der Waals surface area contributed by atoms with E-state index in [1.165, 1.54) is 6.07 Å². The van der Waals surface area contributed by atoms with Gasteiger partial charge < -0.3 is 9.88 Å². The highest BCUT2D eigenvalue weighted by Crippen LogP contribution is 2.42. The topological polar surface area (TPSA) is 17.0 Å². The first-order valence-electron chi connectivity index (χ1n) is 11.0. The van der Waals surface area contributed by atoms with Gasteiger partial charge in [0.25, 0.3) is 0 Å². The fourth-order valence-electron chi connectivity index (χ4n) is 4.07. The molecule has 0 saturated heterocycles. The number of aromatic nitrogens is 1. The lowest BCUT2D eigenvalue weighted by Crippen LogP contribution is -2.11. The molecule has 0 saturated carbocycles. The van der Waals surface area contributed by atoms with Gasteiger partial charge in [0.15, 0.2) is 0 Å². The van der Waals surface area contributed by atoms with Gasteiger partial charge in [-0.1, -0.05) is 63.5 Å². The fraction of sp³-hybridized carbons (Fsp3) is 0.214. The molecule has 3 rings (SSSR count). The second-order valence-electron chi connectivity index (χ2n) is 8.08. The van der Waals surface area contributed by atoms with E-state index in [1.54, 1.807) is 35.9 Å². The minimum Gasteiger partial charge on any atom is -0.362 e. The zero-order valence-electron chi connectivity index (χ0n) is 19.4. The molecule has 178 valence electrons. The average molecular weight is 469 g/mol. The van der Waals surface area contributed by atoms with Gasteiger partial charge in [-0.15, -0.1) is 0 Å². The molecular formula is C28H28F4N2. The van der Waals surface area contributed by atoms with Crippen molar-refractivity contribution in [3.63, 3.8) is 0 Å². The number of rotatable bonds is 8. The Morgan fingerprint density at radius 1 is 1.21 bits per heavy atom. The van der Waals surface area contributed by atoms with E-state index in [4.69, 9.17) is 0 Å². The first-order chi connectivity index (χ1) is 16.1. The van der Waals surface area contributed by atoms with Crippen LogP contribution in [0.5, 0.6) is 0 Å². The van der Waals surface area contributed by atoms with Gasteiger partial charge in [-0.2, -0.15) is 13.2 Å². The number of alkyl halides is 3. The smallest absolute Gasteiger partial charge is 0.362 e. The number of hydrogen-bond donors (Lipinski definition) is 1. The highest BCUT2D eigenvalue weighted by molar-refractivity contribution is 6.03. The lowest BCUT2D eigenvalue weighted by molar-refractivity contribution is -0.137. The normalized spacial score (nSPS) is 14.6. The Bertz CT molecular complexity index is 1260. The van der Waals surface area contributed by atoms with Crippen molar-refractivity contribution in [3.05, 3.63) is 108 Å². The number of hydrogen-bond acceptors (Lipinski definition) is 1. The molecule has 34 heavy (non-hydrogen) atoms. The van der Waals surface area contributed by atoms with Crippen LogP contribution in [-0.4, -0.2) is 4.57 Å². The van der Waals surface area contributed by atoms with Crippen molar-refractivity contribution in [3.8, 4) is 0 Å². The molecule has 2 nitrogen and oxygen atoms in total. The van der Waals surface area contributed by atoms with E-state index in [0.29, 0.717) is 28.7 Å². The van der Waals surface area contributed by atoms with Crippen LogP contribution in [0.1, 0.15) is 43.5 Å². The molecule has 0 amide bonds. The van der Waals surface area contributed by atoms with Crippen molar-refractivity contribution in [2.75, 3.05) is 0 Å². The molecule has 0 unspecified atom stereocenters. The third-order valence-corrected chi connectivity index (χ3v) is 5.66. The van der Waals surface area contributed by atoms with Gasteiger partial charge in [0.1, 0.15) is 5.83 Å². The lowest BCUT2D eigenvalue weighted by atomic mass is 9.94. The summed E-state index contributed by atoms with van der Waals surface area (Å²) in [6.07, 6.45) is 7.31. The SMILES string of the molecule is C=C1NC=CC=C1c1c(C(=C)CCC)n(C/C(=C/C=C\C)C(=C)F)c2cc(C(F)(F)F)ccc12. The molecule has 0 atom stereocenters. The summed E-state index contributed by atoms with van der Waals surface area (Å²) in [5.41, 5.74) is 3.33. The molecule has 2 heterocycles. The van der Waals surface area contributed by atoms with Crippen LogP contribution in [0.25, 0.3) is 22.0 Å². The van der Waals surface area contributed by atoms with Crippen molar-refractivity contribution in [2.45, 2.75) is 39.4 Å². The zero-order valence-corrected chi connectivity index (χ0v) is 19.4. The van der Waals surface area contributed by atoms with Crippen LogP contribution >= 0.6 is 0 Å².